The van der Waals surface area contributed by atoms with Crippen LogP contribution in [0.5, 0.6) is 5.75 Å². The molecule has 0 heterocycles. The number of anilines is 2. The smallest absolute Gasteiger partial charge is 0.135 e. The van der Waals surface area contributed by atoms with Gasteiger partial charge in [-0.25, -0.2) is 4.39 Å². The predicted octanol–water partition coefficient (Wildman–Crippen LogP) is 4.74. The molecule has 2 rings (SSSR count). The van der Waals surface area contributed by atoms with Crippen LogP contribution in [0.1, 0.15) is 5.56 Å². The molecule has 0 saturated carbocycles. The van der Waals surface area contributed by atoms with E-state index in [1.807, 2.05) is 6.07 Å². The number of methoxy groups -OCH3 is 1. The maximum absolute atomic E-state index is 13.3. The van der Waals surface area contributed by atoms with E-state index in [2.05, 4.69) is 37.2 Å². The van der Waals surface area contributed by atoms with Crippen LogP contribution in [0.25, 0.3) is 0 Å². The Kier molecular flexibility index (Phi) is 5.18. The van der Waals surface area contributed by atoms with Crippen LogP contribution in [0.4, 0.5) is 15.8 Å². The summed E-state index contributed by atoms with van der Waals surface area (Å²) in [4.78, 5) is 0.122. The molecule has 0 spiro atoms. The van der Waals surface area contributed by atoms with Crippen molar-refractivity contribution in [3.63, 3.8) is 0 Å². The minimum atomic E-state index is -0.393. The summed E-state index contributed by atoms with van der Waals surface area (Å²) in [5.74, 6) is 0.274. The molecule has 0 atom stereocenters. The van der Waals surface area contributed by atoms with E-state index in [-0.39, 0.29) is 4.99 Å². The van der Waals surface area contributed by atoms with Crippen molar-refractivity contribution in [3.05, 3.63) is 50.7 Å². The molecule has 0 fully saturated rings. The second kappa shape index (κ2) is 6.72. The fraction of sp³-hybridized carbons (Fsp3) is 0.0714. The first-order valence-electron chi connectivity index (χ1n) is 5.81. The van der Waals surface area contributed by atoms with Crippen molar-refractivity contribution >= 4 is 60.4 Å². The molecule has 2 aromatic rings. The SMILES string of the molecule is COc1cc(Nc2ccc(F)cc2C(N)=S)c(Br)cc1Br. The molecule has 2 aromatic carbocycles. The molecule has 0 amide bonds. The highest BCUT2D eigenvalue weighted by Gasteiger charge is 2.11. The predicted molar refractivity (Wildman–Crippen MR) is 94.0 cm³/mol. The summed E-state index contributed by atoms with van der Waals surface area (Å²) in [7, 11) is 1.58. The van der Waals surface area contributed by atoms with Crippen LogP contribution in [-0.4, -0.2) is 12.1 Å². The Balaban J connectivity index is 2.45. The van der Waals surface area contributed by atoms with Gasteiger partial charge in [0, 0.05) is 21.8 Å². The number of thiocarbonyl (C=S) groups is 1. The summed E-state index contributed by atoms with van der Waals surface area (Å²) in [5, 5.41) is 3.17. The van der Waals surface area contributed by atoms with Crippen molar-refractivity contribution in [3.8, 4) is 5.75 Å². The lowest BCUT2D eigenvalue weighted by Crippen LogP contribution is -2.12. The van der Waals surface area contributed by atoms with Gasteiger partial charge in [-0.2, -0.15) is 0 Å². The number of ether oxygens (including phenoxy) is 1. The van der Waals surface area contributed by atoms with E-state index in [0.29, 0.717) is 17.0 Å². The molecule has 0 radical (unpaired) electrons. The molecule has 110 valence electrons. The van der Waals surface area contributed by atoms with Crippen molar-refractivity contribution in [2.75, 3.05) is 12.4 Å². The largest absolute Gasteiger partial charge is 0.495 e. The molecule has 0 aliphatic heterocycles. The molecule has 0 aromatic heterocycles. The monoisotopic (exact) mass is 432 g/mol. The third-order valence-corrected chi connectivity index (χ3v) is 4.25. The van der Waals surface area contributed by atoms with Crippen LogP contribution in [0, 0.1) is 5.82 Å². The third kappa shape index (κ3) is 3.72. The highest BCUT2D eigenvalue weighted by molar-refractivity contribution is 9.11. The topological polar surface area (TPSA) is 47.3 Å². The number of benzene rings is 2. The Morgan fingerprint density at radius 2 is 1.90 bits per heavy atom. The second-order valence-corrected chi connectivity index (χ2v) is 6.29. The lowest BCUT2D eigenvalue weighted by atomic mass is 10.1. The maximum Gasteiger partial charge on any atom is 0.135 e. The second-order valence-electron chi connectivity index (χ2n) is 4.15. The molecule has 0 aliphatic rings. The zero-order valence-electron chi connectivity index (χ0n) is 10.9. The van der Waals surface area contributed by atoms with Crippen LogP contribution >= 0.6 is 44.1 Å². The van der Waals surface area contributed by atoms with Crippen LogP contribution in [0.2, 0.25) is 0 Å². The Morgan fingerprint density at radius 3 is 2.52 bits per heavy atom. The fourth-order valence-corrected chi connectivity index (χ4v) is 3.18. The first kappa shape index (κ1) is 16.2. The van der Waals surface area contributed by atoms with Gasteiger partial charge in [-0.05, 0) is 56.1 Å². The van der Waals surface area contributed by atoms with Crippen LogP contribution in [-0.2, 0) is 0 Å². The number of nitrogens with two attached hydrogens (primary N) is 1. The van der Waals surface area contributed by atoms with Gasteiger partial charge in [0.25, 0.3) is 0 Å². The maximum atomic E-state index is 13.3. The van der Waals surface area contributed by atoms with E-state index in [1.165, 1.54) is 12.1 Å². The van der Waals surface area contributed by atoms with Gasteiger partial charge >= 0.3 is 0 Å². The molecule has 3 N–H and O–H groups in total. The zero-order valence-corrected chi connectivity index (χ0v) is 14.9. The highest BCUT2D eigenvalue weighted by Crippen LogP contribution is 2.36. The summed E-state index contributed by atoms with van der Waals surface area (Å²) in [6, 6.07) is 7.89. The molecule has 7 heteroatoms. The molecule has 0 unspecified atom stereocenters. The number of hydrogen-bond acceptors (Lipinski definition) is 3. The summed E-state index contributed by atoms with van der Waals surface area (Å²) in [5.41, 5.74) is 7.45. The van der Waals surface area contributed by atoms with Crippen molar-refractivity contribution in [2.45, 2.75) is 0 Å². The van der Waals surface area contributed by atoms with Gasteiger partial charge in [0.1, 0.15) is 16.6 Å². The van der Waals surface area contributed by atoms with E-state index in [4.69, 9.17) is 22.7 Å². The van der Waals surface area contributed by atoms with E-state index in [1.54, 1.807) is 19.2 Å². The van der Waals surface area contributed by atoms with Gasteiger partial charge in [0.2, 0.25) is 0 Å². The van der Waals surface area contributed by atoms with Crippen molar-refractivity contribution in [2.24, 2.45) is 5.73 Å². The summed E-state index contributed by atoms with van der Waals surface area (Å²) in [6.45, 7) is 0. The number of hydrogen-bond donors (Lipinski definition) is 2. The first-order chi connectivity index (χ1) is 9.92. The summed E-state index contributed by atoms with van der Waals surface area (Å²) < 4.78 is 20.2. The molecule has 3 nitrogen and oxygen atoms in total. The van der Waals surface area contributed by atoms with E-state index < -0.39 is 5.82 Å². The van der Waals surface area contributed by atoms with Crippen molar-refractivity contribution in [1.82, 2.24) is 0 Å². The Bertz CT molecular complexity index is 710. The molecule has 0 aliphatic carbocycles. The average molecular weight is 434 g/mol. The minimum Gasteiger partial charge on any atom is -0.495 e. The lowest BCUT2D eigenvalue weighted by molar-refractivity contribution is 0.412. The van der Waals surface area contributed by atoms with Crippen LogP contribution in [0.15, 0.2) is 39.3 Å². The normalized spacial score (nSPS) is 10.3. The number of nitrogens with one attached hydrogen (secondary N) is 1. The highest BCUT2D eigenvalue weighted by atomic mass is 79.9. The Morgan fingerprint density at radius 1 is 1.19 bits per heavy atom. The number of rotatable bonds is 4. The van der Waals surface area contributed by atoms with Gasteiger partial charge in [-0.1, -0.05) is 12.2 Å². The van der Waals surface area contributed by atoms with Crippen molar-refractivity contribution < 1.29 is 9.13 Å². The van der Waals surface area contributed by atoms with Crippen molar-refractivity contribution in [1.29, 1.82) is 0 Å². The molecular formula is C14H11Br2FN2OS. The van der Waals surface area contributed by atoms with Gasteiger partial charge in [-0.15, -0.1) is 0 Å². The Labute approximate surface area is 143 Å². The molecular weight excluding hydrogens is 423 g/mol. The molecule has 0 bridgehead atoms. The first-order valence-corrected chi connectivity index (χ1v) is 7.81. The number of halogens is 3. The zero-order chi connectivity index (χ0) is 15.6. The van der Waals surface area contributed by atoms with E-state index in [0.717, 1.165) is 14.6 Å². The third-order valence-electron chi connectivity index (χ3n) is 2.76. The van der Waals surface area contributed by atoms with E-state index in [9.17, 15) is 4.39 Å². The summed E-state index contributed by atoms with van der Waals surface area (Å²) in [6.07, 6.45) is 0. The van der Waals surface area contributed by atoms with E-state index >= 15 is 0 Å². The minimum absolute atomic E-state index is 0.122. The summed E-state index contributed by atoms with van der Waals surface area (Å²) >= 11 is 11.8. The quantitative estimate of drug-likeness (QED) is 0.683. The van der Waals surface area contributed by atoms with Crippen LogP contribution in [0.3, 0.4) is 0 Å². The fourth-order valence-electron chi connectivity index (χ4n) is 1.76. The van der Waals surface area contributed by atoms with Gasteiger partial charge < -0.3 is 15.8 Å². The lowest BCUT2D eigenvalue weighted by Gasteiger charge is -2.14. The molecule has 21 heavy (non-hydrogen) atoms. The Hall–Kier alpha value is -1.18. The standard InChI is InChI=1S/C14H11Br2FN2OS/c1-20-13-6-12(9(15)5-10(13)16)19-11-3-2-7(17)4-8(11)14(18)21/h2-6,19H,1H3,(H2,18,21). The average Bonchev–Trinajstić information content (AvgIpc) is 2.43. The molecule has 0 saturated heterocycles. The van der Waals surface area contributed by atoms with Gasteiger partial charge in [0.15, 0.2) is 0 Å². The van der Waals surface area contributed by atoms with Gasteiger partial charge in [-0.3, -0.25) is 0 Å². The van der Waals surface area contributed by atoms with Gasteiger partial charge in [0.05, 0.1) is 17.3 Å². The van der Waals surface area contributed by atoms with Crippen LogP contribution < -0.4 is 15.8 Å².